The summed E-state index contributed by atoms with van der Waals surface area (Å²) in [7, 11) is 1.62. The summed E-state index contributed by atoms with van der Waals surface area (Å²) in [5, 5.41) is 3.80. The molecule has 0 unspecified atom stereocenters. The molecular formula is C12H11ClN2O. The van der Waals surface area contributed by atoms with Crippen LogP contribution < -0.4 is 10.1 Å². The summed E-state index contributed by atoms with van der Waals surface area (Å²) in [5.74, 6) is 1.48. The van der Waals surface area contributed by atoms with E-state index in [0.29, 0.717) is 5.02 Å². The van der Waals surface area contributed by atoms with Crippen molar-refractivity contribution in [2.75, 3.05) is 12.4 Å². The van der Waals surface area contributed by atoms with Crippen molar-refractivity contribution in [1.29, 1.82) is 0 Å². The molecule has 0 saturated heterocycles. The van der Waals surface area contributed by atoms with Crippen LogP contribution in [-0.4, -0.2) is 12.1 Å². The van der Waals surface area contributed by atoms with Gasteiger partial charge in [0.05, 0.1) is 12.8 Å². The summed E-state index contributed by atoms with van der Waals surface area (Å²) in [6.45, 7) is 0. The molecule has 0 bridgehead atoms. The van der Waals surface area contributed by atoms with Gasteiger partial charge in [0, 0.05) is 11.2 Å². The van der Waals surface area contributed by atoms with Crippen LogP contribution in [0.2, 0.25) is 5.02 Å². The van der Waals surface area contributed by atoms with Gasteiger partial charge in [0.15, 0.2) is 0 Å². The van der Waals surface area contributed by atoms with Gasteiger partial charge in [-0.3, -0.25) is 0 Å². The number of hydrogen-bond donors (Lipinski definition) is 1. The maximum Gasteiger partial charge on any atom is 0.142 e. The predicted octanol–water partition coefficient (Wildman–Crippen LogP) is 3.49. The van der Waals surface area contributed by atoms with Crippen molar-refractivity contribution in [3.05, 3.63) is 47.6 Å². The van der Waals surface area contributed by atoms with E-state index in [0.717, 1.165) is 17.3 Å². The highest BCUT2D eigenvalue weighted by molar-refractivity contribution is 6.30. The Bertz CT molecular complexity index is 474. The van der Waals surface area contributed by atoms with Crippen LogP contribution in [0.25, 0.3) is 0 Å². The Morgan fingerprint density at radius 3 is 2.81 bits per heavy atom. The molecule has 0 saturated carbocycles. The molecule has 0 radical (unpaired) electrons. The molecule has 0 amide bonds. The van der Waals surface area contributed by atoms with E-state index in [1.165, 1.54) is 0 Å². The predicted molar refractivity (Wildman–Crippen MR) is 65.5 cm³/mol. The van der Waals surface area contributed by atoms with Gasteiger partial charge in [-0.2, -0.15) is 0 Å². The number of ether oxygens (including phenoxy) is 1. The number of aromatic nitrogens is 1. The van der Waals surface area contributed by atoms with Crippen molar-refractivity contribution in [2.24, 2.45) is 0 Å². The van der Waals surface area contributed by atoms with E-state index < -0.39 is 0 Å². The van der Waals surface area contributed by atoms with Crippen LogP contribution in [0.5, 0.6) is 5.75 Å². The fourth-order valence-electron chi connectivity index (χ4n) is 1.35. The Labute approximate surface area is 99.0 Å². The van der Waals surface area contributed by atoms with Crippen LogP contribution >= 0.6 is 11.6 Å². The van der Waals surface area contributed by atoms with Crippen molar-refractivity contribution < 1.29 is 4.74 Å². The monoisotopic (exact) mass is 234 g/mol. The number of halogens is 1. The van der Waals surface area contributed by atoms with Crippen molar-refractivity contribution in [3.63, 3.8) is 0 Å². The molecule has 1 aromatic carbocycles. The van der Waals surface area contributed by atoms with Gasteiger partial charge in [-0.05, 0) is 30.3 Å². The van der Waals surface area contributed by atoms with Gasteiger partial charge < -0.3 is 10.1 Å². The van der Waals surface area contributed by atoms with E-state index in [1.54, 1.807) is 25.4 Å². The largest absolute Gasteiger partial charge is 0.495 e. The highest BCUT2D eigenvalue weighted by atomic mass is 35.5. The first-order valence-corrected chi connectivity index (χ1v) is 5.19. The maximum absolute atomic E-state index is 5.92. The minimum absolute atomic E-state index is 0.652. The molecule has 1 heterocycles. The average molecular weight is 235 g/mol. The highest BCUT2D eigenvalue weighted by Crippen LogP contribution is 2.29. The molecule has 1 aromatic heterocycles. The number of pyridine rings is 1. The molecule has 0 spiro atoms. The summed E-state index contributed by atoms with van der Waals surface area (Å²) < 4.78 is 5.22. The molecule has 82 valence electrons. The van der Waals surface area contributed by atoms with Gasteiger partial charge in [0.1, 0.15) is 11.6 Å². The van der Waals surface area contributed by atoms with Gasteiger partial charge >= 0.3 is 0 Å². The summed E-state index contributed by atoms with van der Waals surface area (Å²) in [4.78, 5) is 4.17. The molecule has 0 aliphatic rings. The summed E-state index contributed by atoms with van der Waals surface area (Å²) in [6, 6.07) is 11.0. The molecule has 2 aromatic rings. The number of rotatable bonds is 3. The second-order valence-corrected chi connectivity index (χ2v) is 3.62. The van der Waals surface area contributed by atoms with Gasteiger partial charge in [0.2, 0.25) is 0 Å². The number of anilines is 2. The fourth-order valence-corrected chi connectivity index (χ4v) is 1.52. The lowest BCUT2D eigenvalue weighted by molar-refractivity contribution is 0.417. The Morgan fingerprint density at radius 1 is 1.25 bits per heavy atom. The third-order valence-electron chi connectivity index (χ3n) is 2.09. The fraction of sp³-hybridized carbons (Fsp3) is 0.0833. The second-order valence-electron chi connectivity index (χ2n) is 3.18. The molecule has 0 fully saturated rings. The van der Waals surface area contributed by atoms with Crippen LogP contribution in [-0.2, 0) is 0 Å². The average Bonchev–Trinajstić information content (AvgIpc) is 2.31. The van der Waals surface area contributed by atoms with Gasteiger partial charge in [0.25, 0.3) is 0 Å². The van der Waals surface area contributed by atoms with Gasteiger partial charge in [-0.25, -0.2) is 4.98 Å². The van der Waals surface area contributed by atoms with Crippen LogP contribution in [0.4, 0.5) is 11.5 Å². The first-order valence-electron chi connectivity index (χ1n) is 4.81. The number of nitrogens with one attached hydrogen (secondary N) is 1. The van der Waals surface area contributed by atoms with Crippen molar-refractivity contribution in [2.45, 2.75) is 0 Å². The molecule has 0 aliphatic carbocycles. The summed E-state index contributed by atoms with van der Waals surface area (Å²) in [5.41, 5.74) is 0.800. The number of nitrogens with zero attached hydrogens (tertiary/aromatic N) is 1. The number of methoxy groups -OCH3 is 1. The maximum atomic E-state index is 5.92. The van der Waals surface area contributed by atoms with Crippen molar-refractivity contribution in [3.8, 4) is 5.75 Å². The molecule has 3 nitrogen and oxygen atoms in total. The smallest absolute Gasteiger partial charge is 0.142 e. The van der Waals surface area contributed by atoms with Gasteiger partial charge in [-0.15, -0.1) is 0 Å². The Kier molecular flexibility index (Phi) is 3.27. The zero-order valence-corrected chi connectivity index (χ0v) is 9.53. The van der Waals surface area contributed by atoms with Crippen LogP contribution in [0.3, 0.4) is 0 Å². The molecule has 0 aliphatic heterocycles. The normalized spacial score (nSPS) is 9.88. The zero-order valence-electron chi connectivity index (χ0n) is 8.77. The van der Waals surface area contributed by atoms with Gasteiger partial charge in [-0.1, -0.05) is 17.7 Å². The molecule has 4 heteroatoms. The lowest BCUT2D eigenvalue weighted by Crippen LogP contribution is -1.95. The Balaban J connectivity index is 2.30. The minimum Gasteiger partial charge on any atom is -0.495 e. The topological polar surface area (TPSA) is 34.1 Å². The highest BCUT2D eigenvalue weighted by Gasteiger charge is 2.04. The lowest BCUT2D eigenvalue weighted by atomic mass is 10.3. The second kappa shape index (κ2) is 4.86. The third-order valence-corrected chi connectivity index (χ3v) is 2.32. The van der Waals surface area contributed by atoms with Crippen LogP contribution in [0.15, 0.2) is 42.6 Å². The third kappa shape index (κ3) is 2.44. The van der Waals surface area contributed by atoms with Crippen LogP contribution in [0.1, 0.15) is 0 Å². The SMILES string of the molecule is COc1ccc(Cl)cc1Nc1ccccn1. The standard InChI is InChI=1S/C12H11ClN2O/c1-16-11-6-5-9(13)8-10(11)15-12-4-2-3-7-14-12/h2-8H,1H3,(H,14,15). The summed E-state index contributed by atoms with van der Waals surface area (Å²) in [6.07, 6.45) is 1.72. The van der Waals surface area contributed by atoms with Crippen molar-refractivity contribution in [1.82, 2.24) is 4.98 Å². The number of hydrogen-bond acceptors (Lipinski definition) is 3. The zero-order chi connectivity index (χ0) is 11.4. The molecule has 1 N–H and O–H groups in total. The molecule has 16 heavy (non-hydrogen) atoms. The Morgan fingerprint density at radius 2 is 2.12 bits per heavy atom. The van der Waals surface area contributed by atoms with E-state index in [2.05, 4.69) is 10.3 Å². The van der Waals surface area contributed by atoms with E-state index in [1.807, 2.05) is 24.3 Å². The first-order chi connectivity index (χ1) is 7.79. The molecule has 2 rings (SSSR count). The Hall–Kier alpha value is -1.74. The lowest BCUT2D eigenvalue weighted by Gasteiger charge is -2.10. The summed E-state index contributed by atoms with van der Waals surface area (Å²) >= 11 is 5.92. The van der Waals surface area contributed by atoms with E-state index in [-0.39, 0.29) is 0 Å². The van der Waals surface area contributed by atoms with E-state index in [9.17, 15) is 0 Å². The number of benzene rings is 1. The molecule has 0 atom stereocenters. The quantitative estimate of drug-likeness (QED) is 0.883. The minimum atomic E-state index is 0.652. The van der Waals surface area contributed by atoms with Crippen molar-refractivity contribution >= 4 is 23.1 Å². The first kappa shape index (κ1) is 10.8. The van der Waals surface area contributed by atoms with Crippen LogP contribution in [0, 0.1) is 0 Å². The molecular weight excluding hydrogens is 224 g/mol. The van der Waals surface area contributed by atoms with E-state index >= 15 is 0 Å². The van der Waals surface area contributed by atoms with E-state index in [4.69, 9.17) is 16.3 Å².